The van der Waals surface area contributed by atoms with Gasteiger partial charge in [0.25, 0.3) is 0 Å². The summed E-state index contributed by atoms with van der Waals surface area (Å²) in [6, 6.07) is 0. The van der Waals surface area contributed by atoms with Gasteiger partial charge in [0.2, 0.25) is 0 Å². The molecule has 0 saturated carbocycles. The minimum absolute atomic E-state index is 0.672. The summed E-state index contributed by atoms with van der Waals surface area (Å²) in [5.74, 6) is 0.672. The number of hydrogen-bond acceptors (Lipinski definition) is 0. The van der Waals surface area contributed by atoms with Crippen LogP contribution in [0.5, 0.6) is 0 Å². The molecule has 0 amide bonds. The first-order valence-electron chi connectivity index (χ1n) is 3.49. The Hall–Kier alpha value is -0.0431. The highest BCUT2D eigenvalue weighted by molar-refractivity contribution is 6.46. The molecule has 0 rings (SSSR count). The van der Waals surface area contributed by atoms with Gasteiger partial charge in [0, 0.05) is 0 Å². The molecule has 0 aromatic carbocycles. The Morgan fingerprint density at radius 3 is 1.78 bits per heavy atom. The third-order valence-electron chi connectivity index (χ3n) is 1.17. The highest BCUT2D eigenvalue weighted by atomic mass is 28.2. The molecule has 9 heavy (non-hydrogen) atoms. The summed E-state index contributed by atoms with van der Waals surface area (Å²) < 4.78 is 0. The molecule has 0 saturated heterocycles. The minimum atomic E-state index is 0.672. The first kappa shape index (κ1) is 8.96. The molecule has 0 heterocycles. The van der Waals surface area contributed by atoms with E-state index < -0.39 is 0 Å². The van der Waals surface area contributed by atoms with Crippen LogP contribution in [0.25, 0.3) is 0 Å². The minimum Gasteiger partial charge on any atom is -0.104 e. The standard InChI is InChI=1S/C8H16Si/c1-6(2)8(5)9-7(3)4/h6-7H,5H2,1-4H3. The molecule has 0 atom stereocenters. The monoisotopic (exact) mass is 140 g/mol. The fraction of sp³-hybridized carbons (Fsp3) is 0.750. The maximum Gasteiger partial charge on any atom is 0.0774 e. The lowest BCUT2D eigenvalue weighted by Gasteiger charge is -2.09. The molecule has 0 unspecified atom stereocenters. The third-order valence-corrected chi connectivity index (χ3v) is 2.70. The van der Waals surface area contributed by atoms with Crippen LogP contribution >= 0.6 is 0 Å². The van der Waals surface area contributed by atoms with Gasteiger partial charge in [-0.15, -0.1) is 6.58 Å². The molecule has 0 nitrogen and oxygen atoms in total. The smallest absolute Gasteiger partial charge is 0.0774 e. The fourth-order valence-corrected chi connectivity index (χ4v) is 1.61. The normalized spacial score (nSPS) is 10.9. The van der Waals surface area contributed by atoms with E-state index >= 15 is 0 Å². The van der Waals surface area contributed by atoms with Gasteiger partial charge in [-0.25, -0.2) is 0 Å². The summed E-state index contributed by atoms with van der Waals surface area (Å²) in [4.78, 5) is 0. The topological polar surface area (TPSA) is 0 Å². The van der Waals surface area contributed by atoms with Gasteiger partial charge in [0.15, 0.2) is 0 Å². The number of hydrogen-bond donors (Lipinski definition) is 0. The molecule has 0 spiro atoms. The molecule has 0 bridgehead atoms. The van der Waals surface area contributed by atoms with E-state index in [0.717, 1.165) is 15.1 Å². The Balaban J connectivity index is 3.51. The second kappa shape index (κ2) is 3.88. The third kappa shape index (κ3) is 4.46. The average Bonchev–Trinajstić information content (AvgIpc) is 1.63. The zero-order chi connectivity index (χ0) is 7.44. The molecule has 0 aliphatic heterocycles. The van der Waals surface area contributed by atoms with Crippen molar-refractivity contribution >= 4 is 9.52 Å². The Morgan fingerprint density at radius 1 is 1.22 bits per heavy atom. The zero-order valence-corrected chi connectivity index (χ0v) is 7.86. The molecule has 0 N–H and O–H groups in total. The van der Waals surface area contributed by atoms with Gasteiger partial charge >= 0.3 is 0 Å². The molecule has 0 aromatic heterocycles. The quantitative estimate of drug-likeness (QED) is 0.529. The van der Waals surface area contributed by atoms with E-state index in [4.69, 9.17) is 0 Å². The lowest BCUT2D eigenvalue weighted by Crippen LogP contribution is -2.04. The van der Waals surface area contributed by atoms with Crippen LogP contribution in [0.15, 0.2) is 11.8 Å². The summed E-state index contributed by atoms with van der Waals surface area (Å²) in [6.07, 6.45) is 0. The van der Waals surface area contributed by atoms with Crippen molar-refractivity contribution in [2.45, 2.75) is 33.2 Å². The molecular weight excluding hydrogens is 124 g/mol. The van der Waals surface area contributed by atoms with Crippen molar-refractivity contribution in [1.82, 2.24) is 0 Å². The highest BCUT2D eigenvalue weighted by Crippen LogP contribution is 2.10. The fourth-order valence-electron chi connectivity index (χ4n) is 0.537. The Morgan fingerprint density at radius 2 is 1.67 bits per heavy atom. The van der Waals surface area contributed by atoms with Crippen molar-refractivity contribution in [3.05, 3.63) is 11.8 Å². The van der Waals surface area contributed by atoms with Gasteiger partial charge in [-0.05, 0) is 5.92 Å². The van der Waals surface area contributed by atoms with Gasteiger partial charge in [-0.1, -0.05) is 38.4 Å². The van der Waals surface area contributed by atoms with Crippen LogP contribution in [0.3, 0.4) is 0 Å². The Kier molecular flexibility index (Phi) is 3.87. The van der Waals surface area contributed by atoms with E-state index in [0.29, 0.717) is 5.92 Å². The molecule has 2 radical (unpaired) electrons. The Labute approximate surface area is 61.2 Å². The lowest BCUT2D eigenvalue weighted by atomic mass is 10.2. The predicted octanol–water partition coefficient (Wildman–Crippen LogP) is 2.69. The van der Waals surface area contributed by atoms with Crippen molar-refractivity contribution in [3.8, 4) is 0 Å². The summed E-state index contributed by atoms with van der Waals surface area (Å²) >= 11 is 0. The van der Waals surface area contributed by atoms with Gasteiger partial charge in [0.05, 0.1) is 9.52 Å². The molecule has 0 aliphatic rings. The molecular formula is C8H16Si. The first-order valence-corrected chi connectivity index (χ1v) is 4.57. The zero-order valence-electron chi connectivity index (χ0n) is 6.86. The molecule has 52 valence electrons. The summed E-state index contributed by atoms with van der Waals surface area (Å²) in [7, 11) is 0.948. The number of allylic oxidation sites excluding steroid dienone is 1. The summed E-state index contributed by atoms with van der Waals surface area (Å²) in [6.45, 7) is 12.9. The van der Waals surface area contributed by atoms with E-state index in [1.807, 2.05) is 0 Å². The Bertz CT molecular complexity index is 92.7. The van der Waals surface area contributed by atoms with Gasteiger partial charge < -0.3 is 0 Å². The van der Waals surface area contributed by atoms with E-state index in [9.17, 15) is 0 Å². The van der Waals surface area contributed by atoms with E-state index in [1.165, 1.54) is 5.20 Å². The van der Waals surface area contributed by atoms with Gasteiger partial charge in [-0.2, -0.15) is 0 Å². The van der Waals surface area contributed by atoms with Crippen molar-refractivity contribution in [2.24, 2.45) is 5.92 Å². The largest absolute Gasteiger partial charge is 0.104 e. The van der Waals surface area contributed by atoms with Crippen LogP contribution in [0, 0.1) is 5.92 Å². The molecule has 0 aromatic rings. The van der Waals surface area contributed by atoms with Crippen LogP contribution in [0.2, 0.25) is 5.54 Å². The molecule has 0 fully saturated rings. The van der Waals surface area contributed by atoms with Gasteiger partial charge in [-0.3, -0.25) is 0 Å². The molecule has 1 heteroatoms. The average molecular weight is 140 g/mol. The number of rotatable bonds is 3. The maximum atomic E-state index is 4.01. The van der Waals surface area contributed by atoms with Crippen LogP contribution in [-0.2, 0) is 0 Å². The second-order valence-corrected chi connectivity index (χ2v) is 5.06. The van der Waals surface area contributed by atoms with E-state index in [-0.39, 0.29) is 0 Å². The lowest BCUT2D eigenvalue weighted by molar-refractivity contribution is 0.808. The van der Waals surface area contributed by atoms with Gasteiger partial charge in [0.1, 0.15) is 0 Å². The van der Waals surface area contributed by atoms with Crippen LogP contribution in [0.4, 0.5) is 0 Å². The summed E-state index contributed by atoms with van der Waals surface area (Å²) in [5.41, 5.74) is 0.792. The van der Waals surface area contributed by atoms with Crippen molar-refractivity contribution < 1.29 is 0 Å². The van der Waals surface area contributed by atoms with Crippen molar-refractivity contribution in [3.63, 3.8) is 0 Å². The van der Waals surface area contributed by atoms with Crippen LogP contribution < -0.4 is 0 Å². The maximum absolute atomic E-state index is 4.01. The van der Waals surface area contributed by atoms with E-state index in [1.54, 1.807) is 0 Å². The van der Waals surface area contributed by atoms with Crippen molar-refractivity contribution in [2.75, 3.05) is 0 Å². The second-order valence-electron chi connectivity index (χ2n) is 2.98. The SMILES string of the molecule is C=C([Si]C(C)C)C(C)C. The van der Waals surface area contributed by atoms with Crippen molar-refractivity contribution in [1.29, 1.82) is 0 Å². The summed E-state index contributed by atoms with van der Waals surface area (Å²) in [5, 5.41) is 1.41. The first-order chi connectivity index (χ1) is 4.04. The highest BCUT2D eigenvalue weighted by Gasteiger charge is 2.03. The van der Waals surface area contributed by atoms with E-state index in [2.05, 4.69) is 34.3 Å². The van der Waals surface area contributed by atoms with Crippen LogP contribution in [0.1, 0.15) is 27.7 Å². The van der Waals surface area contributed by atoms with Crippen LogP contribution in [-0.4, -0.2) is 9.52 Å². The molecule has 0 aliphatic carbocycles. The predicted molar refractivity (Wildman–Crippen MR) is 44.8 cm³/mol.